The molecule has 2 aromatic rings. The van der Waals surface area contributed by atoms with Crippen molar-refractivity contribution in [2.24, 2.45) is 5.92 Å². The van der Waals surface area contributed by atoms with Crippen molar-refractivity contribution in [2.75, 3.05) is 35.6 Å². The number of unbranched alkanes of at least 4 members (excludes halogenated alkanes) is 1. The van der Waals surface area contributed by atoms with E-state index in [2.05, 4.69) is 46.8 Å². The number of carbonyl (C=O) groups excluding carboxylic acids is 1. The second-order valence-electron chi connectivity index (χ2n) is 8.24. The summed E-state index contributed by atoms with van der Waals surface area (Å²) in [6.45, 7) is 5.57. The Balaban J connectivity index is 1.49. The second kappa shape index (κ2) is 9.34. The molecule has 1 aliphatic carbocycles. The van der Waals surface area contributed by atoms with E-state index in [0.717, 1.165) is 43.1 Å². The molecule has 2 heterocycles. The monoisotopic (exact) mass is 409 g/mol. The van der Waals surface area contributed by atoms with E-state index in [1.54, 1.807) is 0 Å². The van der Waals surface area contributed by atoms with E-state index in [9.17, 15) is 4.79 Å². The van der Waals surface area contributed by atoms with Crippen molar-refractivity contribution in [2.45, 2.75) is 45.7 Å². The summed E-state index contributed by atoms with van der Waals surface area (Å²) < 4.78 is 5.77. The number of aromatic nitrogens is 1. The number of nitrogen functional groups attached to an aromatic ring is 1. The Labute approximate surface area is 178 Å². The van der Waals surface area contributed by atoms with Gasteiger partial charge in [-0.1, -0.05) is 37.6 Å². The van der Waals surface area contributed by atoms with Gasteiger partial charge < -0.3 is 26.0 Å². The van der Waals surface area contributed by atoms with Crippen molar-refractivity contribution in [3.8, 4) is 5.88 Å². The van der Waals surface area contributed by atoms with Gasteiger partial charge in [-0.3, -0.25) is 4.79 Å². The standard InChI is InChI=1S/C23H31N5O2/c1-2-3-9-30-21-11-19-22(23(24)27-21)26-20(29)15-28(19)14-18-6-4-5-17(10-18)13-25-12-16-7-8-16/h4-6,10-11,16,25H,2-3,7-9,12-15H2,1H3,(H2,24,27)(H,26,29). The molecule has 1 aliphatic heterocycles. The van der Waals surface area contributed by atoms with E-state index in [0.29, 0.717) is 24.7 Å². The predicted molar refractivity (Wildman–Crippen MR) is 120 cm³/mol. The minimum absolute atomic E-state index is 0.0853. The van der Waals surface area contributed by atoms with Crippen LogP contribution in [0.5, 0.6) is 5.88 Å². The van der Waals surface area contributed by atoms with Gasteiger partial charge in [0.25, 0.3) is 0 Å². The lowest BCUT2D eigenvalue weighted by atomic mass is 10.1. The highest BCUT2D eigenvalue weighted by Crippen LogP contribution is 2.37. The molecule has 1 amide bonds. The molecule has 7 heteroatoms. The molecule has 160 valence electrons. The summed E-state index contributed by atoms with van der Waals surface area (Å²) in [6.07, 6.45) is 4.71. The van der Waals surface area contributed by atoms with E-state index in [4.69, 9.17) is 10.5 Å². The first-order valence-corrected chi connectivity index (χ1v) is 10.9. The molecule has 4 rings (SSSR count). The van der Waals surface area contributed by atoms with Crippen LogP contribution < -0.4 is 26.0 Å². The smallest absolute Gasteiger partial charge is 0.244 e. The molecule has 1 aromatic carbocycles. The lowest BCUT2D eigenvalue weighted by Crippen LogP contribution is -2.38. The average molecular weight is 410 g/mol. The summed E-state index contributed by atoms with van der Waals surface area (Å²) in [5.41, 5.74) is 9.97. The van der Waals surface area contributed by atoms with Gasteiger partial charge >= 0.3 is 0 Å². The zero-order chi connectivity index (χ0) is 20.9. The molecule has 0 unspecified atom stereocenters. The number of hydrogen-bond donors (Lipinski definition) is 3. The Hall–Kier alpha value is -2.80. The summed E-state index contributed by atoms with van der Waals surface area (Å²) in [7, 11) is 0. The number of hydrogen-bond acceptors (Lipinski definition) is 6. The molecule has 1 aromatic heterocycles. The predicted octanol–water partition coefficient (Wildman–Crippen LogP) is 3.30. The van der Waals surface area contributed by atoms with Crippen molar-refractivity contribution < 1.29 is 9.53 Å². The van der Waals surface area contributed by atoms with Crippen molar-refractivity contribution in [3.05, 3.63) is 41.5 Å². The lowest BCUT2D eigenvalue weighted by molar-refractivity contribution is -0.115. The number of carbonyl (C=O) groups is 1. The fraction of sp³-hybridized carbons (Fsp3) is 0.478. The largest absolute Gasteiger partial charge is 0.478 e. The van der Waals surface area contributed by atoms with Crippen molar-refractivity contribution in [3.63, 3.8) is 0 Å². The first kappa shape index (κ1) is 20.5. The number of amides is 1. The summed E-state index contributed by atoms with van der Waals surface area (Å²) in [5, 5.41) is 6.40. The number of nitrogens with zero attached hydrogens (tertiary/aromatic N) is 2. The summed E-state index contributed by atoms with van der Waals surface area (Å²) in [5.74, 6) is 1.57. The van der Waals surface area contributed by atoms with Gasteiger partial charge in [0.2, 0.25) is 11.8 Å². The average Bonchev–Trinajstić information content (AvgIpc) is 3.54. The Morgan fingerprint density at radius 2 is 2.13 bits per heavy atom. The molecule has 2 aliphatic rings. The van der Waals surface area contributed by atoms with Crippen LogP contribution in [-0.4, -0.2) is 30.6 Å². The quantitative estimate of drug-likeness (QED) is 0.522. The number of benzene rings is 1. The highest BCUT2D eigenvalue weighted by atomic mass is 16.5. The van der Waals surface area contributed by atoms with Crippen molar-refractivity contribution in [1.82, 2.24) is 10.3 Å². The van der Waals surface area contributed by atoms with Crippen LogP contribution in [0.15, 0.2) is 30.3 Å². The highest BCUT2D eigenvalue weighted by Gasteiger charge is 2.26. The van der Waals surface area contributed by atoms with Gasteiger partial charge in [0.1, 0.15) is 5.69 Å². The number of nitrogens with one attached hydrogen (secondary N) is 2. The number of nitrogens with two attached hydrogens (primary N) is 1. The summed E-state index contributed by atoms with van der Waals surface area (Å²) >= 11 is 0. The van der Waals surface area contributed by atoms with E-state index < -0.39 is 0 Å². The van der Waals surface area contributed by atoms with Gasteiger partial charge in [-0.25, -0.2) is 0 Å². The normalized spacial score (nSPS) is 15.6. The van der Waals surface area contributed by atoms with Gasteiger partial charge in [0.15, 0.2) is 5.82 Å². The zero-order valence-electron chi connectivity index (χ0n) is 17.6. The highest BCUT2D eigenvalue weighted by molar-refractivity contribution is 6.04. The van der Waals surface area contributed by atoms with Gasteiger partial charge in [-0.05, 0) is 42.9 Å². The SMILES string of the molecule is CCCCOc1cc2c(c(N)n1)NC(=O)CN2Cc1cccc(CNCC2CC2)c1. The minimum Gasteiger partial charge on any atom is -0.478 e. The Kier molecular flexibility index (Phi) is 6.38. The maximum atomic E-state index is 12.3. The molecule has 0 spiro atoms. The topological polar surface area (TPSA) is 92.5 Å². The van der Waals surface area contributed by atoms with Crippen molar-refractivity contribution >= 4 is 23.1 Å². The van der Waals surface area contributed by atoms with Crippen LogP contribution in [-0.2, 0) is 17.9 Å². The maximum absolute atomic E-state index is 12.3. The molecule has 0 bridgehead atoms. The molecule has 4 N–H and O–H groups in total. The third kappa shape index (κ3) is 5.21. The van der Waals surface area contributed by atoms with Crippen LogP contribution in [0.4, 0.5) is 17.2 Å². The van der Waals surface area contributed by atoms with Gasteiger partial charge in [0.05, 0.1) is 18.8 Å². The second-order valence-corrected chi connectivity index (χ2v) is 8.24. The van der Waals surface area contributed by atoms with Crippen molar-refractivity contribution in [1.29, 1.82) is 0 Å². The Bertz CT molecular complexity index is 897. The zero-order valence-corrected chi connectivity index (χ0v) is 17.6. The van der Waals surface area contributed by atoms with E-state index in [-0.39, 0.29) is 18.3 Å². The molecular weight excluding hydrogens is 378 g/mol. The maximum Gasteiger partial charge on any atom is 0.244 e. The molecular formula is C23H31N5O2. The van der Waals surface area contributed by atoms with Crippen LogP contribution in [0.3, 0.4) is 0 Å². The Morgan fingerprint density at radius 1 is 1.30 bits per heavy atom. The molecule has 0 radical (unpaired) electrons. The first-order valence-electron chi connectivity index (χ1n) is 10.9. The fourth-order valence-electron chi connectivity index (χ4n) is 3.68. The number of pyridine rings is 1. The minimum atomic E-state index is -0.0853. The molecule has 7 nitrogen and oxygen atoms in total. The first-order chi connectivity index (χ1) is 14.6. The summed E-state index contributed by atoms with van der Waals surface area (Å²) in [4.78, 5) is 18.6. The van der Waals surface area contributed by atoms with Crippen LogP contribution in [0.1, 0.15) is 43.7 Å². The number of anilines is 3. The number of rotatable bonds is 10. The third-order valence-corrected chi connectivity index (χ3v) is 5.51. The van der Waals surface area contributed by atoms with E-state index in [1.165, 1.54) is 18.4 Å². The molecule has 1 fully saturated rings. The van der Waals surface area contributed by atoms with Crippen LogP contribution >= 0.6 is 0 Å². The van der Waals surface area contributed by atoms with Crippen LogP contribution in [0.2, 0.25) is 0 Å². The van der Waals surface area contributed by atoms with E-state index >= 15 is 0 Å². The fourth-order valence-corrected chi connectivity index (χ4v) is 3.68. The van der Waals surface area contributed by atoms with Crippen LogP contribution in [0, 0.1) is 5.92 Å². The third-order valence-electron chi connectivity index (χ3n) is 5.51. The number of fused-ring (bicyclic) bond motifs is 1. The lowest BCUT2D eigenvalue weighted by Gasteiger charge is -2.31. The Morgan fingerprint density at radius 3 is 2.93 bits per heavy atom. The summed E-state index contributed by atoms with van der Waals surface area (Å²) in [6, 6.07) is 10.4. The number of ether oxygens (including phenoxy) is 1. The molecule has 30 heavy (non-hydrogen) atoms. The van der Waals surface area contributed by atoms with E-state index in [1.807, 2.05) is 11.0 Å². The van der Waals surface area contributed by atoms with Gasteiger partial charge in [-0.2, -0.15) is 4.98 Å². The molecule has 0 saturated heterocycles. The molecule has 1 saturated carbocycles. The van der Waals surface area contributed by atoms with Crippen LogP contribution in [0.25, 0.3) is 0 Å². The van der Waals surface area contributed by atoms with Gasteiger partial charge in [0, 0.05) is 19.2 Å². The van der Waals surface area contributed by atoms with Gasteiger partial charge in [-0.15, -0.1) is 0 Å². The molecule has 0 atom stereocenters.